The predicted octanol–water partition coefficient (Wildman–Crippen LogP) is 4.00. The number of aromatic nitrogens is 1. The molecule has 0 spiro atoms. The first-order valence-electron chi connectivity index (χ1n) is 6.91. The van der Waals surface area contributed by atoms with Crippen LogP contribution in [0, 0.1) is 5.92 Å². The number of hydrogen-bond donors (Lipinski definition) is 0. The lowest BCUT2D eigenvalue weighted by Crippen LogP contribution is -2.20. The molecule has 0 amide bonds. The molecule has 17 heavy (non-hydrogen) atoms. The molecule has 2 rings (SSSR count). The molecule has 1 aliphatic rings. The van der Waals surface area contributed by atoms with Crippen molar-refractivity contribution in [2.24, 2.45) is 5.92 Å². The Morgan fingerprint density at radius 2 is 2.00 bits per heavy atom. The highest BCUT2D eigenvalue weighted by Crippen LogP contribution is 2.30. The highest BCUT2D eigenvalue weighted by Gasteiger charge is 2.24. The summed E-state index contributed by atoms with van der Waals surface area (Å²) >= 11 is 0. The van der Waals surface area contributed by atoms with Gasteiger partial charge in [0.1, 0.15) is 0 Å². The van der Waals surface area contributed by atoms with Gasteiger partial charge >= 0.3 is 0 Å². The van der Waals surface area contributed by atoms with E-state index in [1.807, 2.05) is 6.07 Å². The molecule has 94 valence electrons. The van der Waals surface area contributed by atoms with Gasteiger partial charge in [0, 0.05) is 29.9 Å². The van der Waals surface area contributed by atoms with E-state index in [9.17, 15) is 4.79 Å². The second-order valence-corrected chi connectivity index (χ2v) is 5.18. The molecule has 0 saturated carbocycles. The molecule has 1 aliphatic carbocycles. The normalized spacial score (nSPS) is 17.3. The minimum absolute atomic E-state index is 0.335. The van der Waals surface area contributed by atoms with E-state index >= 15 is 0 Å². The topological polar surface area (TPSA) is 22.0 Å². The fourth-order valence-electron chi connectivity index (χ4n) is 3.13. The lowest BCUT2D eigenvalue weighted by molar-refractivity contribution is 0.0971. The Labute approximate surface area is 104 Å². The van der Waals surface area contributed by atoms with Crippen LogP contribution in [0.1, 0.15) is 68.5 Å². The SMILES string of the molecule is CCC(CC)C(C)n1ccc2c1CCCC2=O. The van der Waals surface area contributed by atoms with Crippen molar-refractivity contribution in [1.82, 2.24) is 4.57 Å². The van der Waals surface area contributed by atoms with E-state index in [0.717, 1.165) is 24.8 Å². The standard InChI is InChI=1S/C15H23NO/c1-4-12(5-2)11(3)16-10-9-13-14(16)7-6-8-15(13)17/h9-12H,4-8H2,1-3H3. The van der Waals surface area contributed by atoms with Crippen molar-refractivity contribution in [1.29, 1.82) is 0 Å². The zero-order valence-corrected chi connectivity index (χ0v) is 11.2. The maximum atomic E-state index is 11.8. The Hall–Kier alpha value is -1.05. The molecule has 2 heteroatoms. The van der Waals surface area contributed by atoms with Gasteiger partial charge in [-0.1, -0.05) is 26.7 Å². The summed E-state index contributed by atoms with van der Waals surface area (Å²) in [5, 5.41) is 0. The third-order valence-corrected chi connectivity index (χ3v) is 4.31. The minimum atomic E-state index is 0.335. The van der Waals surface area contributed by atoms with Crippen LogP contribution in [0.3, 0.4) is 0 Å². The van der Waals surface area contributed by atoms with Gasteiger partial charge in [-0.05, 0) is 31.7 Å². The number of carbonyl (C=O) groups is 1. The van der Waals surface area contributed by atoms with Crippen LogP contribution in [0.5, 0.6) is 0 Å². The predicted molar refractivity (Wildman–Crippen MR) is 70.5 cm³/mol. The first-order chi connectivity index (χ1) is 8.19. The molecule has 2 nitrogen and oxygen atoms in total. The van der Waals surface area contributed by atoms with E-state index in [1.54, 1.807) is 0 Å². The summed E-state index contributed by atoms with van der Waals surface area (Å²) in [4.78, 5) is 11.8. The number of fused-ring (bicyclic) bond motifs is 1. The Morgan fingerprint density at radius 1 is 1.29 bits per heavy atom. The number of nitrogens with zero attached hydrogens (tertiary/aromatic N) is 1. The molecular formula is C15H23NO. The van der Waals surface area contributed by atoms with Crippen LogP contribution in [0.15, 0.2) is 12.3 Å². The smallest absolute Gasteiger partial charge is 0.164 e. The quantitative estimate of drug-likeness (QED) is 0.770. The van der Waals surface area contributed by atoms with Crippen LogP contribution < -0.4 is 0 Å². The van der Waals surface area contributed by atoms with Gasteiger partial charge in [-0.3, -0.25) is 4.79 Å². The monoisotopic (exact) mass is 233 g/mol. The van der Waals surface area contributed by atoms with Gasteiger partial charge in [0.05, 0.1) is 0 Å². The summed E-state index contributed by atoms with van der Waals surface area (Å²) in [7, 11) is 0. The maximum Gasteiger partial charge on any atom is 0.164 e. The summed E-state index contributed by atoms with van der Waals surface area (Å²) in [6, 6.07) is 2.54. The Balaban J connectivity index is 2.30. The van der Waals surface area contributed by atoms with Crippen molar-refractivity contribution in [3.05, 3.63) is 23.5 Å². The van der Waals surface area contributed by atoms with Crippen LogP contribution in [0.4, 0.5) is 0 Å². The summed E-state index contributed by atoms with van der Waals surface area (Å²) in [5.41, 5.74) is 2.26. The lowest BCUT2D eigenvalue weighted by atomic mass is 9.93. The zero-order valence-electron chi connectivity index (χ0n) is 11.2. The molecule has 0 N–H and O–H groups in total. The molecule has 0 aromatic carbocycles. The third kappa shape index (κ3) is 2.18. The van der Waals surface area contributed by atoms with E-state index in [-0.39, 0.29) is 0 Å². The van der Waals surface area contributed by atoms with Crippen LogP contribution in [0.25, 0.3) is 0 Å². The average Bonchev–Trinajstić information content (AvgIpc) is 2.75. The van der Waals surface area contributed by atoms with Crippen molar-refractivity contribution in [2.75, 3.05) is 0 Å². The van der Waals surface area contributed by atoms with E-state index in [1.165, 1.54) is 18.5 Å². The van der Waals surface area contributed by atoms with E-state index in [4.69, 9.17) is 0 Å². The van der Waals surface area contributed by atoms with E-state index in [2.05, 4.69) is 31.5 Å². The first kappa shape index (κ1) is 12.4. The number of ketones is 1. The number of carbonyl (C=O) groups excluding carboxylic acids is 1. The van der Waals surface area contributed by atoms with Crippen molar-refractivity contribution in [3.8, 4) is 0 Å². The second kappa shape index (κ2) is 5.07. The van der Waals surface area contributed by atoms with Gasteiger partial charge in [-0.2, -0.15) is 0 Å². The Morgan fingerprint density at radius 3 is 2.65 bits per heavy atom. The van der Waals surface area contributed by atoms with E-state index < -0.39 is 0 Å². The third-order valence-electron chi connectivity index (χ3n) is 4.31. The molecule has 0 saturated heterocycles. The maximum absolute atomic E-state index is 11.8. The van der Waals surface area contributed by atoms with Gasteiger partial charge in [0.25, 0.3) is 0 Å². The van der Waals surface area contributed by atoms with Gasteiger partial charge in [-0.25, -0.2) is 0 Å². The molecule has 1 atom stereocenters. The molecule has 1 aromatic rings. The minimum Gasteiger partial charge on any atom is -0.348 e. The molecule has 1 heterocycles. The summed E-state index contributed by atoms with van der Waals surface area (Å²) in [6.45, 7) is 6.80. The molecule has 1 aromatic heterocycles. The highest BCUT2D eigenvalue weighted by atomic mass is 16.1. The van der Waals surface area contributed by atoms with Crippen molar-refractivity contribution in [2.45, 2.75) is 58.9 Å². The van der Waals surface area contributed by atoms with Crippen molar-refractivity contribution >= 4 is 5.78 Å². The molecule has 0 fully saturated rings. The number of rotatable bonds is 4. The van der Waals surface area contributed by atoms with Crippen LogP contribution in [0.2, 0.25) is 0 Å². The Bertz CT molecular complexity index is 401. The fourth-order valence-corrected chi connectivity index (χ4v) is 3.13. The Kier molecular flexibility index (Phi) is 3.70. The largest absolute Gasteiger partial charge is 0.348 e. The fraction of sp³-hybridized carbons (Fsp3) is 0.667. The van der Waals surface area contributed by atoms with Crippen molar-refractivity contribution < 1.29 is 4.79 Å². The lowest BCUT2D eigenvalue weighted by Gasteiger charge is -2.26. The van der Waals surface area contributed by atoms with Crippen LogP contribution in [-0.2, 0) is 6.42 Å². The van der Waals surface area contributed by atoms with E-state index in [0.29, 0.717) is 17.7 Å². The zero-order chi connectivity index (χ0) is 12.4. The number of Topliss-reactive ketones (excluding diaryl/α,β-unsaturated/α-hetero) is 1. The first-order valence-corrected chi connectivity index (χ1v) is 6.91. The molecule has 0 bridgehead atoms. The summed E-state index contributed by atoms with van der Waals surface area (Å²) in [5.74, 6) is 1.05. The van der Waals surface area contributed by atoms with Crippen molar-refractivity contribution in [3.63, 3.8) is 0 Å². The molecular weight excluding hydrogens is 210 g/mol. The van der Waals surface area contributed by atoms with Gasteiger partial charge in [-0.15, -0.1) is 0 Å². The van der Waals surface area contributed by atoms with Gasteiger partial charge in [0.2, 0.25) is 0 Å². The summed E-state index contributed by atoms with van der Waals surface area (Å²) in [6.07, 6.45) is 7.36. The molecule has 1 unspecified atom stereocenters. The van der Waals surface area contributed by atoms with Gasteiger partial charge < -0.3 is 4.57 Å². The van der Waals surface area contributed by atoms with Crippen LogP contribution >= 0.6 is 0 Å². The molecule has 0 aliphatic heterocycles. The summed E-state index contributed by atoms with van der Waals surface area (Å²) < 4.78 is 2.35. The number of hydrogen-bond acceptors (Lipinski definition) is 1. The van der Waals surface area contributed by atoms with Gasteiger partial charge in [0.15, 0.2) is 5.78 Å². The van der Waals surface area contributed by atoms with Crippen LogP contribution in [-0.4, -0.2) is 10.4 Å². The average molecular weight is 233 g/mol. The highest BCUT2D eigenvalue weighted by molar-refractivity contribution is 5.98. The second-order valence-electron chi connectivity index (χ2n) is 5.18. The molecule has 0 radical (unpaired) electrons.